The zero-order chi connectivity index (χ0) is 11.9. The zero-order valence-electron chi connectivity index (χ0n) is 10.7. The first-order valence-corrected chi connectivity index (χ1v) is 6.72. The molecule has 4 nitrogen and oxygen atoms in total. The summed E-state index contributed by atoms with van der Waals surface area (Å²) in [5.74, 6) is 1.83. The summed E-state index contributed by atoms with van der Waals surface area (Å²) in [4.78, 5) is 11.2. The van der Waals surface area contributed by atoms with Crippen LogP contribution < -0.4 is 10.2 Å². The topological polar surface area (TPSA) is 41.1 Å². The van der Waals surface area contributed by atoms with Gasteiger partial charge in [0.15, 0.2) is 0 Å². The van der Waals surface area contributed by atoms with Crippen LogP contribution in [0, 0.1) is 0 Å². The minimum Gasteiger partial charge on any atom is -0.370 e. The molecule has 0 spiro atoms. The van der Waals surface area contributed by atoms with Gasteiger partial charge in [0.1, 0.15) is 5.82 Å². The fraction of sp³-hybridized carbons (Fsp3) is 0.692. The molecular formula is C13H22N4. The average Bonchev–Trinajstić information content (AvgIpc) is 2.89. The molecule has 2 heterocycles. The van der Waals surface area contributed by atoms with Gasteiger partial charge in [0.25, 0.3) is 0 Å². The van der Waals surface area contributed by atoms with E-state index in [-0.39, 0.29) is 0 Å². The van der Waals surface area contributed by atoms with Crippen LogP contribution in [0.2, 0.25) is 0 Å². The van der Waals surface area contributed by atoms with Gasteiger partial charge in [0, 0.05) is 25.8 Å². The number of aromatic nitrogens is 2. The van der Waals surface area contributed by atoms with Crippen molar-refractivity contribution in [2.75, 3.05) is 29.9 Å². The second-order valence-electron chi connectivity index (χ2n) is 4.57. The number of hydrogen-bond donors (Lipinski definition) is 1. The fourth-order valence-electron chi connectivity index (χ4n) is 2.11. The predicted molar refractivity (Wildman–Crippen MR) is 71.5 cm³/mol. The summed E-state index contributed by atoms with van der Waals surface area (Å²) in [5.41, 5.74) is 0. The number of unbranched alkanes of at least 4 members (excludes halogenated alkanes) is 2. The van der Waals surface area contributed by atoms with Gasteiger partial charge in [-0.25, -0.2) is 4.98 Å². The highest BCUT2D eigenvalue weighted by molar-refractivity contribution is 5.41. The Balaban J connectivity index is 1.87. The monoisotopic (exact) mass is 234 g/mol. The van der Waals surface area contributed by atoms with Crippen molar-refractivity contribution in [3.8, 4) is 0 Å². The van der Waals surface area contributed by atoms with Crippen LogP contribution >= 0.6 is 0 Å². The molecule has 1 aliphatic rings. The van der Waals surface area contributed by atoms with E-state index in [1.165, 1.54) is 32.1 Å². The van der Waals surface area contributed by atoms with Crippen LogP contribution in [0.1, 0.15) is 39.0 Å². The maximum atomic E-state index is 4.56. The van der Waals surface area contributed by atoms with Gasteiger partial charge in [-0.1, -0.05) is 19.8 Å². The van der Waals surface area contributed by atoms with Crippen molar-refractivity contribution in [2.24, 2.45) is 0 Å². The van der Waals surface area contributed by atoms with Crippen molar-refractivity contribution >= 4 is 11.8 Å². The van der Waals surface area contributed by atoms with Gasteiger partial charge in [-0.15, -0.1) is 0 Å². The van der Waals surface area contributed by atoms with Gasteiger partial charge in [-0.2, -0.15) is 4.98 Å². The van der Waals surface area contributed by atoms with Gasteiger partial charge < -0.3 is 10.2 Å². The van der Waals surface area contributed by atoms with Gasteiger partial charge in [-0.05, 0) is 25.3 Å². The maximum absolute atomic E-state index is 4.56. The summed E-state index contributed by atoms with van der Waals surface area (Å²) in [6.07, 6.45) is 8.11. The third-order valence-electron chi connectivity index (χ3n) is 3.12. The largest absolute Gasteiger partial charge is 0.370 e. The molecular weight excluding hydrogens is 212 g/mol. The van der Waals surface area contributed by atoms with E-state index in [2.05, 4.69) is 27.1 Å². The summed E-state index contributed by atoms with van der Waals surface area (Å²) in [5, 5.41) is 3.37. The SMILES string of the molecule is CCCCCNc1ccnc(N2CCCC2)n1. The molecule has 17 heavy (non-hydrogen) atoms. The van der Waals surface area contributed by atoms with Gasteiger partial charge in [0.2, 0.25) is 5.95 Å². The van der Waals surface area contributed by atoms with Crippen LogP contribution in [-0.4, -0.2) is 29.6 Å². The molecule has 1 saturated heterocycles. The van der Waals surface area contributed by atoms with Gasteiger partial charge in [0.05, 0.1) is 0 Å². The highest BCUT2D eigenvalue weighted by atomic mass is 15.3. The van der Waals surface area contributed by atoms with Gasteiger partial charge >= 0.3 is 0 Å². The zero-order valence-corrected chi connectivity index (χ0v) is 10.7. The Hall–Kier alpha value is -1.32. The molecule has 0 aromatic carbocycles. The van der Waals surface area contributed by atoms with Crippen LogP contribution in [0.5, 0.6) is 0 Å². The molecule has 0 amide bonds. The number of rotatable bonds is 6. The number of nitrogens with one attached hydrogen (secondary N) is 1. The van der Waals surface area contributed by atoms with E-state index in [0.717, 1.165) is 31.4 Å². The first-order chi connectivity index (χ1) is 8.40. The van der Waals surface area contributed by atoms with E-state index in [9.17, 15) is 0 Å². The third-order valence-corrected chi connectivity index (χ3v) is 3.12. The molecule has 1 fully saturated rings. The lowest BCUT2D eigenvalue weighted by Crippen LogP contribution is -2.20. The number of anilines is 2. The summed E-state index contributed by atoms with van der Waals surface area (Å²) in [6.45, 7) is 5.42. The Kier molecular flexibility index (Phi) is 4.59. The van der Waals surface area contributed by atoms with E-state index in [1.54, 1.807) is 0 Å². The van der Waals surface area contributed by atoms with E-state index in [4.69, 9.17) is 0 Å². The molecule has 1 N–H and O–H groups in total. The fourth-order valence-corrected chi connectivity index (χ4v) is 2.11. The Morgan fingerprint density at radius 3 is 2.88 bits per heavy atom. The van der Waals surface area contributed by atoms with Crippen molar-refractivity contribution in [3.63, 3.8) is 0 Å². The van der Waals surface area contributed by atoms with E-state index < -0.39 is 0 Å². The summed E-state index contributed by atoms with van der Waals surface area (Å²) < 4.78 is 0. The van der Waals surface area contributed by atoms with E-state index >= 15 is 0 Å². The normalized spacial score (nSPS) is 15.2. The quantitative estimate of drug-likeness (QED) is 0.768. The molecule has 4 heteroatoms. The second kappa shape index (κ2) is 6.42. The van der Waals surface area contributed by atoms with E-state index in [0.29, 0.717) is 0 Å². The number of hydrogen-bond acceptors (Lipinski definition) is 4. The summed E-state index contributed by atoms with van der Waals surface area (Å²) in [7, 11) is 0. The molecule has 94 valence electrons. The Labute approximate surface area is 103 Å². The molecule has 0 atom stereocenters. The highest BCUT2D eigenvalue weighted by Gasteiger charge is 2.14. The minimum absolute atomic E-state index is 0.878. The molecule has 0 aliphatic carbocycles. The lowest BCUT2D eigenvalue weighted by atomic mass is 10.2. The van der Waals surface area contributed by atoms with Crippen molar-refractivity contribution in [2.45, 2.75) is 39.0 Å². The van der Waals surface area contributed by atoms with Crippen LogP contribution in [0.3, 0.4) is 0 Å². The molecule has 0 saturated carbocycles. The average molecular weight is 234 g/mol. The van der Waals surface area contributed by atoms with E-state index in [1.807, 2.05) is 12.3 Å². The van der Waals surface area contributed by atoms with Crippen molar-refractivity contribution in [3.05, 3.63) is 12.3 Å². The standard InChI is InChI=1S/C13H22N4/c1-2-3-4-8-14-12-7-9-15-13(16-12)17-10-5-6-11-17/h7,9H,2-6,8,10-11H2,1H3,(H,14,15,16). The van der Waals surface area contributed by atoms with Crippen LogP contribution in [0.25, 0.3) is 0 Å². The lowest BCUT2D eigenvalue weighted by molar-refractivity contribution is 0.742. The van der Waals surface area contributed by atoms with Crippen molar-refractivity contribution in [1.82, 2.24) is 9.97 Å². The molecule has 2 rings (SSSR count). The second-order valence-corrected chi connectivity index (χ2v) is 4.57. The van der Waals surface area contributed by atoms with Crippen molar-refractivity contribution < 1.29 is 0 Å². The summed E-state index contributed by atoms with van der Waals surface area (Å²) in [6, 6.07) is 1.95. The van der Waals surface area contributed by atoms with Crippen LogP contribution in [0.4, 0.5) is 11.8 Å². The summed E-state index contributed by atoms with van der Waals surface area (Å²) >= 11 is 0. The molecule has 0 bridgehead atoms. The minimum atomic E-state index is 0.878. The van der Waals surface area contributed by atoms with Gasteiger partial charge in [-0.3, -0.25) is 0 Å². The predicted octanol–water partition coefficient (Wildman–Crippen LogP) is 2.68. The molecule has 0 radical (unpaired) electrons. The number of nitrogens with zero attached hydrogens (tertiary/aromatic N) is 3. The molecule has 1 aliphatic heterocycles. The first-order valence-electron chi connectivity index (χ1n) is 6.72. The smallest absolute Gasteiger partial charge is 0.227 e. The Bertz CT molecular complexity index is 334. The molecule has 1 aromatic heterocycles. The van der Waals surface area contributed by atoms with Crippen LogP contribution in [0.15, 0.2) is 12.3 Å². The lowest BCUT2D eigenvalue weighted by Gasteiger charge is -2.15. The van der Waals surface area contributed by atoms with Crippen LogP contribution in [-0.2, 0) is 0 Å². The first kappa shape index (κ1) is 12.1. The molecule has 0 unspecified atom stereocenters. The highest BCUT2D eigenvalue weighted by Crippen LogP contribution is 2.16. The maximum Gasteiger partial charge on any atom is 0.227 e. The third kappa shape index (κ3) is 3.58. The Morgan fingerprint density at radius 1 is 1.29 bits per heavy atom. The Morgan fingerprint density at radius 2 is 2.12 bits per heavy atom. The van der Waals surface area contributed by atoms with Crippen molar-refractivity contribution in [1.29, 1.82) is 0 Å². The molecule has 1 aromatic rings.